The fourth-order valence-electron chi connectivity index (χ4n) is 3.32. The number of para-hydroxylation sites is 3. The number of aromatic amines is 1. The standard InChI is InChI=1S/C23H21N7O/c1-2-6-18(7-3-1)30-23(27-28-29-30)31-19-12-10-17(11-13-19)16-24-15-14-22-25-20-8-4-5-9-21(20)26-22/h1-13,24H,14-16H2,(H,25,26). The summed E-state index contributed by atoms with van der Waals surface area (Å²) in [6, 6.07) is 25.9. The van der Waals surface area contributed by atoms with Crippen LogP contribution in [-0.2, 0) is 13.0 Å². The van der Waals surface area contributed by atoms with Gasteiger partial charge in [0.15, 0.2) is 0 Å². The van der Waals surface area contributed by atoms with E-state index in [9.17, 15) is 0 Å². The van der Waals surface area contributed by atoms with E-state index in [2.05, 4.69) is 30.8 Å². The summed E-state index contributed by atoms with van der Waals surface area (Å²) in [7, 11) is 0. The van der Waals surface area contributed by atoms with Crippen LogP contribution in [0.25, 0.3) is 16.7 Å². The zero-order chi connectivity index (χ0) is 20.9. The van der Waals surface area contributed by atoms with Crippen molar-refractivity contribution < 1.29 is 4.74 Å². The van der Waals surface area contributed by atoms with Crippen molar-refractivity contribution in [2.45, 2.75) is 13.0 Å². The summed E-state index contributed by atoms with van der Waals surface area (Å²) in [5.74, 6) is 1.67. The lowest BCUT2D eigenvalue weighted by molar-refractivity contribution is 0.427. The Labute approximate surface area is 178 Å². The quantitative estimate of drug-likeness (QED) is 0.379. The average molecular weight is 411 g/mol. The van der Waals surface area contributed by atoms with Crippen molar-refractivity contribution in [1.29, 1.82) is 0 Å². The summed E-state index contributed by atoms with van der Waals surface area (Å²) in [4.78, 5) is 7.96. The third-order valence-electron chi connectivity index (χ3n) is 4.88. The Morgan fingerprint density at radius 1 is 0.903 bits per heavy atom. The number of benzene rings is 3. The van der Waals surface area contributed by atoms with Crippen LogP contribution in [0.3, 0.4) is 0 Å². The van der Waals surface area contributed by atoms with Crippen LogP contribution < -0.4 is 10.1 Å². The fraction of sp³-hybridized carbons (Fsp3) is 0.130. The highest BCUT2D eigenvalue weighted by Gasteiger charge is 2.10. The average Bonchev–Trinajstić information content (AvgIpc) is 3.45. The maximum atomic E-state index is 5.87. The van der Waals surface area contributed by atoms with Crippen LogP contribution in [-0.4, -0.2) is 36.7 Å². The van der Waals surface area contributed by atoms with E-state index in [0.717, 1.165) is 42.1 Å². The van der Waals surface area contributed by atoms with Gasteiger partial charge in [-0.15, -0.1) is 0 Å². The van der Waals surface area contributed by atoms with Crippen LogP contribution in [0, 0.1) is 0 Å². The van der Waals surface area contributed by atoms with E-state index in [1.165, 1.54) is 5.56 Å². The van der Waals surface area contributed by atoms with Gasteiger partial charge in [-0.05, 0) is 52.4 Å². The number of tetrazole rings is 1. The van der Waals surface area contributed by atoms with E-state index in [-0.39, 0.29) is 0 Å². The molecular formula is C23H21N7O. The summed E-state index contributed by atoms with van der Waals surface area (Å²) < 4.78 is 7.43. The summed E-state index contributed by atoms with van der Waals surface area (Å²) in [6.07, 6.45) is 0.845. The van der Waals surface area contributed by atoms with Crippen molar-refractivity contribution in [3.05, 3.63) is 90.3 Å². The molecule has 0 saturated carbocycles. The third-order valence-corrected chi connectivity index (χ3v) is 4.88. The largest absolute Gasteiger partial charge is 0.423 e. The van der Waals surface area contributed by atoms with Crippen LogP contribution in [0.15, 0.2) is 78.9 Å². The van der Waals surface area contributed by atoms with Gasteiger partial charge in [0.05, 0.1) is 16.7 Å². The van der Waals surface area contributed by atoms with E-state index in [0.29, 0.717) is 11.8 Å². The van der Waals surface area contributed by atoms with Crippen molar-refractivity contribution in [2.75, 3.05) is 6.54 Å². The van der Waals surface area contributed by atoms with Crippen LogP contribution in [0.4, 0.5) is 0 Å². The maximum absolute atomic E-state index is 5.87. The second-order valence-electron chi connectivity index (χ2n) is 7.08. The summed E-state index contributed by atoms with van der Waals surface area (Å²) >= 11 is 0. The third kappa shape index (κ3) is 4.44. The summed E-state index contributed by atoms with van der Waals surface area (Å²) in [6.45, 7) is 1.60. The molecule has 0 atom stereocenters. The second-order valence-corrected chi connectivity index (χ2v) is 7.08. The molecule has 3 aromatic carbocycles. The van der Waals surface area contributed by atoms with Gasteiger partial charge < -0.3 is 15.0 Å². The lowest BCUT2D eigenvalue weighted by Crippen LogP contribution is -2.17. The van der Waals surface area contributed by atoms with Crippen molar-refractivity contribution in [1.82, 2.24) is 35.5 Å². The minimum atomic E-state index is 0.322. The monoisotopic (exact) mass is 411 g/mol. The van der Waals surface area contributed by atoms with Crippen LogP contribution in [0.2, 0.25) is 0 Å². The Morgan fingerprint density at radius 2 is 1.71 bits per heavy atom. The van der Waals surface area contributed by atoms with Crippen LogP contribution >= 0.6 is 0 Å². The summed E-state index contributed by atoms with van der Waals surface area (Å²) in [5, 5.41) is 15.1. The van der Waals surface area contributed by atoms with Gasteiger partial charge in [-0.1, -0.05) is 47.6 Å². The molecule has 8 nitrogen and oxygen atoms in total. The molecule has 0 unspecified atom stereocenters. The number of nitrogens with one attached hydrogen (secondary N) is 2. The van der Waals surface area contributed by atoms with Crippen molar-refractivity contribution in [2.24, 2.45) is 0 Å². The Balaban J connectivity index is 1.14. The first kappa shape index (κ1) is 19.0. The first-order valence-corrected chi connectivity index (χ1v) is 10.1. The number of aromatic nitrogens is 6. The number of hydrogen-bond acceptors (Lipinski definition) is 6. The zero-order valence-corrected chi connectivity index (χ0v) is 16.8. The first-order chi connectivity index (χ1) is 15.3. The van der Waals surface area contributed by atoms with Crippen LogP contribution in [0.1, 0.15) is 11.4 Å². The van der Waals surface area contributed by atoms with Gasteiger partial charge >= 0.3 is 6.01 Å². The molecule has 5 rings (SSSR count). The molecule has 8 heteroatoms. The van der Waals surface area contributed by atoms with E-state index >= 15 is 0 Å². The molecule has 0 amide bonds. The van der Waals surface area contributed by atoms with Crippen LogP contribution in [0.5, 0.6) is 11.8 Å². The number of imidazole rings is 1. The fourth-order valence-corrected chi connectivity index (χ4v) is 3.32. The van der Waals surface area contributed by atoms with Crippen molar-refractivity contribution >= 4 is 11.0 Å². The van der Waals surface area contributed by atoms with Crippen molar-refractivity contribution in [3.8, 4) is 17.4 Å². The molecule has 0 bridgehead atoms. The molecular weight excluding hydrogens is 390 g/mol. The highest BCUT2D eigenvalue weighted by molar-refractivity contribution is 5.74. The molecule has 5 aromatic rings. The number of nitrogens with zero attached hydrogens (tertiary/aromatic N) is 5. The van der Waals surface area contributed by atoms with Gasteiger partial charge in [-0.25, -0.2) is 4.98 Å². The zero-order valence-electron chi connectivity index (χ0n) is 16.8. The Morgan fingerprint density at radius 3 is 2.55 bits per heavy atom. The molecule has 0 aliphatic heterocycles. The van der Waals surface area contributed by atoms with E-state index in [1.807, 2.05) is 78.9 Å². The molecule has 0 spiro atoms. The SMILES string of the molecule is c1ccc(-n2nnnc2Oc2ccc(CNCCc3nc4ccccc4[nH]3)cc2)cc1. The maximum Gasteiger partial charge on any atom is 0.345 e. The molecule has 2 aromatic heterocycles. The van der Waals surface area contributed by atoms with E-state index in [1.54, 1.807) is 4.68 Å². The minimum absolute atomic E-state index is 0.322. The predicted octanol–water partition coefficient (Wildman–Crippen LogP) is 3.66. The van der Waals surface area contributed by atoms with Gasteiger partial charge in [0.25, 0.3) is 0 Å². The lowest BCUT2D eigenvalue weighted by Gasteiger charge is -2.07. The molecule has 31 heavy (non-hydrogen) atoms. The number of fused-ring (bicyclic) bond motifs is 1. The normalized spacial score (nSPS) is 11.1. The predicted molar refractivity (Wildman–Crippen MR) is 117 cm³/mol. The highest BCUT2D eigenvalue weighted by atomic mass is 16.5. The summed E-state index contributed by atoms with van der Waals surface area (Å²) in [5.41, 5.74) is 4.09. The molecule has 0 fully saturated rings. The topological polar surface area (TPSA) is 93.5 Å². The highest BCUT2D eigenvalue weighted by Crippen LogP contribution is 2.21. The molecule has 2 N–H and O–H groups in total. The Hall–Kier alpha value is -4.04. The molecule has 0 aliphatic rings. The molecule has 0 aliphatic carbocycles. The second kappa shape index (κ2) is 8.76. The van der Waals surface area contributed by atoms with E-state index in [4.69, 9.17) is 4.74 Å². The van der Waals surface area contributed by atoms with E-state index < -0.39 is 0 Å². The number of rotatable bonds is 8. The van der Waals surface area contributed by atoms with Gasteiger partial charge in [0, 0.05) is 19.5 Å². The van der Waals surface area contributed by atoms with Gasteiger partial charge in [-0.3, -0.25) is 0 Å². The number of H-pyrrole nitrogens is 1. The lowest BCUT2D eigenvalue weighted by atomic mass is 10.2. The first-order valence-electron chi connectivity index (χ1n) is 10.1. The van der Waals surface area contributed by atoms with Gasteiger partial charge in [-0.2, -0.15) is 4.68 Å². The minimum Gasteiger partial charge on any atom is -0.423 e. The molecule has 0 radical (unpaired) electrons. The number of ether oxygens (including phenoxy) is 1. The smallest absolute Gasteiger partial charge is 0.345 e. The molecule has 154 valence electrons. The molecule has 0 saturated heterocycles. The Bertz CT molecular complexity index is 1230. The Kier molecular flexibility index (Phi) is 5.36. The van der Waals surface area contributed by atoms with Gasteiger partial charge in [0.1, 0.15) is 11.6 Å². The number of hydrogen-bond donors (Lipinski definition) is 2. The molecule has 2 heterocycles. The van der Waals surface area contributed by atoms with Crippen molar-refractivity contribution in [3.63, 3.8) is 0 Å². The van der Waals surface area contributed by atoms with Gasteiger partial charge in [0.2, 0.25) is 0 Å².